The molecule has 3 saturated heterocycles. The number of nitrogens with zero attached hydrogens (tertiary/aromatic N) is 1. The summed E-state index contributed by atoms with van der Waals surface area (Å²) in [7, 11) is 0. The van der Waals surface area contributed by atoms with E-state index in [4.69, 9.17) is 4.74 Å². The molecule has 0 aromatic heterocycles. The van der Waals surface area contributed by atoms with Crippen LogP contribution in [0.25, 0.3) is 0 Å². The molecule has 1 aromatic rings. The number of fused-ring (bicyclic) bond motifs is 1. The fourth-order valence-corrected chi connectivity index (χ4v) is 8.10. The highest BCUT2D eigenvalue weighted by Gasteiger charge is 2.80. The second-order valence-corrected chi connectivity index (χ2v) is 14.9. The van der Waals surface area contributed by atoms with Crippen LogP contribution in [0, 0.1) is 29.1 Å². The van der Waals surface area contributed by atoms with Crippen LogP contribution in [0.15, 0.2) is 30.3 Å². The summed E-state index contributed by atoms with van der Waals surface area (Å²) in [6.07, 6.45) is 1.76. The van der Waals surface area contributed by atoms with Gasteiger partial charge in [0.15, 0.2) is 0 Å². The number of carbonyl (C=O) groups is 3. The maximum atomic E-state index is 14.5. The molecule has 8 nitrogen and oxygen atoms in total. The highest BCUT2D eigenvalue weighted by molar-refractivity contribution is 6.02. The molecule has 3 amide bonds. The molecule has 1 spiro atoms. The molecule has 0 radical (unpaired) electrons. The van der Waals surface area contributed by atoms with E-state index >= 15 is 0 Å². The molecule has 7 atom stereocenters. The number of likely N-dealkylation sites (tertiary alicyclic amines) is 1. The van der Waals surface area contributed by atoms with E-state index in [9.17, 15) is 19.5 Å². The third-order valence-electron chi connectivity index (χ3n) is 9.11. The Morgan fingerprint density at radius 1 is 1.12 bits per heavy atom. The summed E-state index contributed by atoms with van der Waals surface area (Å²) in [5.41, 5.74) is -1.98. The van der Waals surface area contributed by atoms with E-state index in [-0.39, 0.29) is 41.6 Å². The van der Waals surface area contributed by atoms with Crippen molar-refractivity contribution in [3.8, 4) is 0 Å². The normalized spacial score (nSPS) is 32.4. The summed E-state index contributed by atoms with van der Waals surface area (Å²) in [6, 6.07) is 7.69. The molecule has 3 aliphatic rings. The Hall–Kier alpha value is -2.45. The maximum absolute atomic E-state index is 14.5. The lowest BCUT2D eigenvalue weighted by Crippen LogP contribution is -2.61. The number of anilines is 1. The van der Waals surface area contributed by atoms with Gasteiger partial charge in [0, 0.05) is 11.2 Å². The number of aliphatic hydroxyl groups is 1. The van der Waals surface area contributed by atoms with Crippen LogP contribution >= 0.6 is 0 Å². The van der Waals surface area contributed by atoms with E-state index in [1.165, 1.54) is 0 Å². The molecule has 3 N–H and O–H groups in total. The van der Waals surface area contributed by atoms with Gasteiger partial charge in [-0.25, -0.2) is 0 Å². The minimum atomic E-state index is -1.16. The van der Waals surface area contributed by atoms with Gasteiger partial charge in [-0.15, -0.1) is 0 Å². The van der Waals surface area contributed by atoms with Crippen molar-refractivity contribution in [1.82, 2.24) is 10.2 Å². The molecule has 8 heteroatoms. The smallest absolute Gasteiger partial charge is 0.246 e. The van der Waals surface area contributed by atoms with E-state index in [2.05, 4.69) is 31.4 Å². The monoisotopic (exact) mass is 555 g/mol. The molecule has 4 rings (SSSR count). The maximum Gasteiger partial charge on any atom is 0.246 e. The van der Waals surface area contributed by atoms with E-state index < -0.39 is 40.7 Å². The lowest BCUT2D eigenvalue weighted by molar-refractivity contribution is -0.151. The Morgan fingerprint density at radius 3 is 2.30 bits per heavy atom. The Labute approximate surface area is 239 Å². The largest absolute Gasteiger partial charge is 0.394 e. The van der Waals surface area contributed by atoms with Crippen molar-refractivity contribution in [2.75, 3.05) is 11.9 Å². The van der Waals surface area contributed by atoms with Crippen molar-refractivity contribution in [2.45, 2.75) is 110 Å². The highest BCUT2D eigenvalue weighted by atomic mass is 16.5. The molecular formula is C32H49N3O5. The number of aliphatic hydroxyl groups excluding tert-OH is 1. The average Bonchev–Trinajstić information content (AvgIpc) is 3.32. The zero-order valence-electron chi connectivity index (χ0n) is 25.7. The first kappa shape index (κ1) is 30.5. The van der Waals surface area contributed by atoms with E-state index in [0.717, 1.165) is 6.42 Å². The number of amides is 3. The zero-order valence-corrected chi connectivity index (χ0v) is 25.7. The first-order chi connectivity index (χ1) is 18.5. The molecule has 40 heavy (non-hydrogen) atoms. The molecule has 0 aliphatic carbocycles. The van der Waals surface area contributed by atoms with Gasteiger partial charge in [0.2, 0.25) is 17.7 Å². The van der Waals surface area contributed by atoms with Gasteiger partial charge in [-0.1, -0.05) is 59.7 Å². The van der Waals surface area contributed by atoms with Crippen LogP contribution < -0.4 is 10.6 Å². The van der Waals surface area contributed by atoms with Gasteiger partial charge in [-0.05, 0) is 69.4 Å². The van der Waals surface area contributed by atoms with Crippen LogP contribution in [-0.2, 0) is 19.1 Å². The second-order valence-electron chi connectivity index (χ2n) is 14.9. The lowest BCUT2D eigenvalue weighted by atomic mass is 9.62. The number of hydrogen-bond acceptors (Lipinski definition) is 5. The minimum Gasteiger partial charge on any atom is -0.394 e. The van der Waals surface area contributed by atoms with Crippen molar-refractivity contribution in [2.24, 2.45) is 29.1 Å². The number of hydrogen-bond donors (Lipinski definition) is 3. The Balaban J connectivity index is 1.78. The van der Waals surface area contributed by atoms with E-state index in [0.29, 0.717) is 18.5 Å². The summed E-state index contributed by atoms with van der Waals surface area (Å²) in [6.45, 7) is 18.1. The van der Waals surface area contributed by atoms with Gasteiger partial charge < -0.3 is 25.4 Å². The third-order valence-corrected chi connectivity index (χ3v) is 9.11. The molecule has 222 valence electrons. The van der Waals surface area contributed by atoms with Crippen molar-refractivity contribution in [1.29, 1.82) is 0 Å². The molecule has 1 aromatic carbocycles. The number of benzene rings is 1. The number of para-hydroxylation sites is 1. The minimum absolute atomic E-state index is 0.0288. The molecule has 2 bridgehead atoms. The lowest BCUT2D eigenvalue weighted by Gasteiger charge is -2.40. The Bertz CT molecular complexity index is 1130. The zero-order chi connectivity index (χ0) is 29.8. The number of ether oxygens (including phenoxy) is 1. The molecule has 0 saturated carbocycles. The molecule has 3 aliphatic heterocycles. The van der Waals surface area contributed by atoms with Gasteiger partial charge >= 0.3 is 0 Å². The van der Waals surface area contributed by atoms with Crippen LogP contribution in [0.1, 0.15) is 81.6 Å². The molecular weight excluding hydrogens is 506 g/mol. The van der Waals surface area contributed by atoms with Crippen LogP contribution in [0.5, 0.6) is 0 Å². The fraction of sp³-hybridized carbons (Fsp3) is 0.719. The summed E-state index contributed by atoms with van der Waals surface area (Å²) < 4.78 is 6.84. The number of rotatable bonds is 9. The third kappa shape index (κ3) is 5.29. The van der Waals surface area contributed by atoms with Crippen LogP contribution in [0.2, 0.25) is 0 Å². The van der Waals surface area contributed by atoms with Gasteiger partial charge in [0.1, 0.15) is 11.6 Å². The quantitative estimate of drug-likeness (QED) is 0.419. The predicted molar refractivity (Wildman–Crippen MR) is 155 cm³/mol. The van der Waals surface area contributed by atoms with E-state index in [1.54, 1.807) is 4.90 Å². The average molecular weight is 556 g/mol. The number of carbonyl (C=O) groups excluding carboxylic acids is 3. The van der Waals surface area contributed by atoms with Crippen molar-refractivity contribution < 1.29 is 24.2 Å². The number of nitrogens with one attached hydrogen (secondary N) is 2. The summed E-state index contributed by atoms with van der Waals surface area (Å²) >= 11 is 0. The second kappa shape index (κ2) is 10.4. The topological polar surface area (TPSA) is 108 Å². The summed E-state index contributed by atoms with van der Waals surface area (Å²) in [5.74, 6) is -2.30. The summed E-state index contributed by atoms with van der Waals surface area (Å²) in [4.78, 5) is 44.3. The molecule has 3 unspecified atom stereocenters. The van der Waals surface area contributed by atoms with Crippen LogP contribution in [-0.4, -0.2) is 63.2 Å². The van der Waals surface area contributed by atoms with Gasteiger partial charge in [0.25, 0.3) is 0 Å². The fourth-order valence-electron chi connectivity index (χ4n) is 8.10. The van der Waals surface area contributed by atoms with Crippen molar-refractivity contribution in [3.05, 3.63) is 30.3 Å². The Kier molecular flexibility index (Phi) is 7.95. The van der Waals surface area contributed by atoms with E-state index in [1.807, 2.05) is 71.9 Å². The van der Waals surface area contributed by atoms with Crippen molar-refractivity contribution in [3.63, 3.8) is 0 Å². The van der Waals surface area contributed by atoms with Gasteiger partial charge in [-0.2, -0.15) is 0 Å². The van der Waals surface area contributed by atoms with Crippen molar-refractivity contribution >= 4 is 23.4 Å². The van der Waals surface area contributed by atoms with Gasteiger partial charge in [-0.3, -0.25) is 14.4 Å². The predicted octanol–water partition coefficient (Wildman–Crippen LogP) is 4.37. The SMILES string of the molecule is CC(C)C[C@H](CO)N1C(=O)[C@@H]2[C@H](C(=O)Nc3ccccc3)[C@@]3(C)OC2(CC3C)C1C(=O)NC(C)(C)CC(C)(C)C. The first-order valence-corrected chi connectivity index (χ1v) is 14.8. The Morgan fingerprint density at radius 2 is 1.75 bits per heavy atom. The first-order valence-electron chi connectivity index (χ1n) is 14.8. The standard InChI is InChI=1S/C32H49N3O5/c1-19(2)15-22(17-36)35-25(27(38)34-30(7,8)18-29(4,5)6)32-16-20(3)31(9,40-32)23(24(32)28(35)39)26(37)33-21-13-11-10-12-14-21/h10-14,19-20,22-25,36H,15-18H2,1-9H3,(H,33,37)(H,34,38)/t20?,22-,23-,24+,25?,31+,32?/m1/s1. The molecule has 3 fully saturated rings. The van der Waals surface area contributed by atoms with Gasteiger partial charge in [0.05, 0.1) is 30.1 Å². The molecule has 3 heterocycles. The van der Waals surface area contributed by atoms with Crippen LogP contribution in [0.4, 0.5) is 5.69 Å². The summed E-state index contributed by atoms with van der Waals surface area (Å²) in [5, 5.41) is 16.7. The highest BCUT2D eigenvalue weighted by Crippen LogP contribution is 2.65. The van der Waals surface area contributed by atoms with Crippen LogP contribution in [0.3, 0.4) is 0 Å².